The number of hydrogen-bond donors (Lipinski definition) is 0. The van der Waals surface area contributed by atoms with Crippen LogP contribution in [0.1, 0.15) is 19.8 Å². The number of hydrogen-bond acceptors (Lipinski definition) is 0. The lowest BCUT2D eigenvalue weighted by Crippen LogP contribution is -1.76. The van der Waals surface area contributed by atoms with Crippen LogP contribution in [0.15, 0.2) is 23.8 Å². The molecular formula is C8H13Cl. The van der Waals surface area contributed by atoms with Crippen LogP contribution in [0.4, 0.5) is 0 Å². The lowest BCUT2D eigenvalue weighted by molar-refractivity contribution is 1.02. The fourth-order valence-corrected chi connectivity index (χ4v) is 0.744. The van der Waals surface area contributed by atoms with Crippen molar-refractivity contribution in [3.63, 3.8) is 0 Å². The van der Waals surface area contributed by atoms with Gasteiger partial charge < -0.3 is 0 Å². The molecule has 0 saturated heterocycles. The molecule has 0 atom stereocenters. The predicted octanol–water partition coefficient (Wildman–Crippen LogP) is 3.14. The minimum Gasteiger partial charge on any atom is -0.130 e. The highest BCUT2D eigenvalue weighted by Crippen LogP contribution is 2.06. The van der Waals surface area contributed by atoms with Gasteiger partial charge in [-0.15, -0.1) is 11.6 Å². The van der Waals surface area contributed by atoms with Crippen molar-refractivity contribution < 1.29 is 0 Å². The van der Waals surface area contributed by atoms with Gasteiger partial charge in [0.1, 0.15) is 0 Å². The third kappa shape index (κ3) is 4.28. The van der Waals surface area contributed by atoms with Gasteiger partial charge in [-0.2, -0.15) is 0 Å². The van der Waals surface area contributed by atoms with Crippen molar-refractivity contribution in [1.82, 2.24) is 0 Å². The van der Waals surface area contributed by atoms with Crippen LogP contribution in [0, 0.1) is 0 Å². The van der Waals surface area contributed by atoms with Crippen molar-refractivity contribution in [1.29, 1.82) is 0 Å². The summed E-state index contributed by atoms with van der Waals surface area (Å²) in [7, 11) is 0. The van der Waals surface area contributed by atoms with Crippen LogP contribution in [0.2, 0.25) is 0 Å². The summed E-state index contributed by atoms with van der Waals surface area (Å²) in [5.74, 6) is 0. The van der Waals surface area contributed by atoms with Gasteiger partial charge in [0, 0.05) is 6.38 Å². The third-order valence-corrected chi connectivity index (χ3v) is 1.18. The van der Waals surface area contributed by atoms with Crippen molar-refractivity contribution in [2.75, 3.05) is 6.38 Å². The Hall–Kier alpha value is -0.230. The zero-order valence-electron chi connectivity index (χ0n) is 6.02. The Labute approximate surface area is 62.2 Å². The van der Waals surface area contributed by atoms with E-state index in [-0.39, 0.29) is 0 Å². The molecular weight excluding hydrogens is 132 g/mol. The van der Waals surface area contributed by atoms with E-state index in [2.05, 4.69) is 36.8 Å². The van der Waals surface area contributed by atoms with Gasteiger partial charge in [0.2, 0.25) is 0 Å². The first kappa shape index (κ1) is 8.77. The molecule has 0 amide bonds. The average Bonchev–Trinajstić information content (AvgIpc) is 1.94. The molecule has 0 spiro atoms. The highest BCUT2D eigenvalue weighted by molar-refractivity contribution is 6.15. The first-order valence-electron chi connectivity index (χ1n) is 3.11. The lowest BCUT2D eigenvalue weighted by atomic mass is 10.1. The SMILES string of the molecule is CC1=CCCC=C1.CCl. The summed E-state index contributed by atoms with van der Waals surface area (Å²) in [6, 6.07) is 0. The Morgan fingerprint density at radius 1 is 1.33 bits per heavy atom. The standard InChI is InChI=1S/C7H10.CH3Cl/c1-7-5-3-2-4-6-7;1-2/h3,5-6H,2,4H2,1H3;1H3. The summed E-state index contributed by atoms with van der Waals surface area (Å²) in [6.07, 6.45) is 10.6. The van der Waals surface area contributed by atoms with Gasteiger partial charge >= 0.3 is 0 Å². The van der Waals surface area contributed by atoms with Crippen LogP contribution in [-0.2, 0) is 0 Å². The molecule has 0 saturated carbocycles. The summed E-state index contributed by atoms with van der Waals surface area (Å²) >= 11 is 4.64. The van der Waals surface area contributed by atoms with Crippen LogP contribution in [-0.4, -0.2) is 6.38 Å². The van der Waals surface area contributed by atoms with Gasteiger partial charge in [-0.25, -0.2) is 0 Å². The second-order valence-electron chi connectivity index (χ2n) is 1.93. The number of allylic oxidation sites excluding steroid dienone is 4. The second-order valence-corrected chi connectivity index (χ2v) is 1.93. The molecule has 0 fully saturated rings. The van der Waals surface area contributed by atoms with Crippen LogP contribution in [0.25, 0.3) is 0 Å². The molecule has 1 rings (SSSR count). The predicted molar refractivity (Wildman–Crippen MR) is 43.9 cm³/mol. The summed E-state index contributed by atoms with van der Waals surface area (Å²) < 4.78 is 0. The minimum atomic E-state index is 1.23. The summed E-state index contributed by atoms with van der Waals surface area (Å²) in [4.78, 5) is 0. The fraction of sp³-hybridized carbons (Fsp3) is 0.500. The molecule has 0 aliphatic heterocycles. The highest BCUT2D eigenvalue weighted by atomic mass is 35.5. The molecule has 1 aliphatic carbocycles. The highest BCUT2D eigenvalue weighted by Gasteiger charge is 1.86. The number of rotatable bonds is 0. The van der Waals surface area contributed by atoms with E-state index >= 15 is 0 Å². The van der Waals surface area contributed by atoms with Gasteiger partial charge in [0.25, 0.3) is 0 Å². The van der Waals surface area contributed by atoms with Gasteiger partial charge in [-0.05, 0) is 19.8 Å². The molecule has 0 radical (unpaired) electrons. The first-order valence-corrected chi connectivity index (χ1v) is 3.86. The van der Waals surface area contributed by atoms with Crippen LogP contribution in [0.5, 0.6) is 0 Å². The molecule has 0 N–H and O–H groups in total. The number of halogens is 1. The summed E-state index contributed by atoms with van der Waals surface area (Å²) in [5.41, 5.74) is 1.41. The normalized spacial score (nSPS) is 15.7. The molecule has 52 valence electrons. The van der Waals surface area contributed by atoms with Gasteiger partial charge in [-0.3, -0.25) is 0 Å². The molecule has 1 aliphatic rings. The van der Waals surface area contributed by atoms with Crippen molar-refractivity contribution in [3.8, 4) is 0 Å². The topological polar surface area (TPSA) is 0 Å². The Balaban J connectivity index is 0.000000291. The zero-order chi connectivity index (χ0) is 7.11. The van der Waals surface area contributed by atoms with E-state index in [4.69, 9.17) is 0 Å². The fourth-order valence-electron chi connectivity index (χ4n) is 0.744. The van der Waals surface area contributed by atoms with Crippen molar-refractivity contribution in [2.45, 2.75) is 19.8 Å². The molecule has 9 heavy (non-hydrogen) atoms. The van der Waals surface area contributed by atoms with Crippen LogP contribution >= 0.6 is 11.6 Å². The molecule has 0 aromatic carbocycles. The molecule has 0 aromatic rings. The molecule has 0 unspecified atom stereocenters. The Bertz CT molecular complexity index is 112. The van der Waals surface area contributed by atoms with Crippen molar-refractivity contribution in [3.05, 3.63) is 23.8 Å². The molecule has 0 bridgehead atoms. The van der Waals surface area contributed by atoms with Crippen molar-refractivity contribution in [2.24, 2.45) is 0 Å². The molecule has 0 heterocycles. The van der Waals surface area contributed by atoms with E-state index in [1.807, 2.05) is 0 Å². The van der Waals surface area contributed by atoms with E-state index in [0.29, 0.717) is 0 Å². The lowest BCUT2D eigenvalue weighted by Gasteiger charge is -1.96. The Morgan fingerprint density at radius 2 is 2.00 bits per heavy atom. The maximum atomic E-state index is 4.64. The van der Waals surface area contributed by atoms with E-state index < -0.39 is 0 Å². The molecule has 0 nitrogen and oxygen atoms in total. The van der Waals surface area contributed by atoms with Crippen LogP contribution in [0.3, 0.4) is 0 Å². The molecule has 0 aromatic heterocycles. The smallest absolute Gasteiger partial charge is 0.0108 e. The second kappa shape index (κ2) is 5.90. The molecule has 1 heteroatoms. The Morgan fingerprint density at radius 3 is 2.22 bits per heavy atom. The Kier molecular flexibility index (Phi) is 5.75. The maximum Gasteiger partial charge on any atom is 0.0108 e. The van der Waals surface area contributed by atoms with Crippen LogP contribution < -0.4 is 0 Å². The largest absolute Gasteiger partial charge is 0.130 e. The first-order chi connectivity index (χ1) is 4.39. The number of alkyl halides is 1. The third-order valence-electron chi connectivity index (χ3n) is 1.18. The van der Waals surface area contributed by atoms with E-state index in [1.54, 1.807) is 0 Å². The summed E-state index contributed by atoms with van der Waals surface area (Å²) in [5, 5.41) is 0. The monoisotopic (exact) mass is 144 g/mol. The zero-order valence-corrected chi connectivity index (χ0v) is 6.78. The quantitative estimate of drug-likeness (QED) is 0.459. The van der Waals surface area contributed by atoms with E-state index in [9.17, 15) is 0 Å². The maximum absolute atomic E-state index is 4.64. The van der Waals surface area contributed by atoms with Gasteiger partial charge in [-0.1, -0.05) is 23.8 Å². The van der Waals surface area contributed by atoms with Crippen molar-refractivity contribution >= 4 is 11.6 Å². The average molecular weight is 145 g/mol. The van der Waals surface area contributed by atoms with E-state index in [0.717, 1.165) is 0 Å². The minimum absolute atomic E-state index is 1.23. The van der Waals surface area contributed by atoms with Gasteiger partial charge in [0.15, 0.2) is 0 Å². The summed E-state index contributed by atoms with van der Waals surface area (Å²) in [6.45, 7) is 2.13. The van der Waals surface area contributed by atoms with E-state index in [1.165, 1.54) is 24.8 Å². The van der Waals surface area contributed by atoms with Gasteiger partial charge in [0.05, 0.1) is 0 Å².